The smallest absolute Gasteiger partial charge is 0.356 e. The Morgan fingerprint density at radius 2 is 1.83 bits per heavy atom. The highest BCUT2D eigenvalue weighted by molar-refractivity contribution is 6.76. The van der Waals surface area contributed by atoms with E-state index in [9.17, 15) is 4.79 Å². The molecule has 0 aliphatic rings. The van der Waals surface area contributed by atoms with E-state index in [0.717, 1.165) is 6.04 Å². The number of ether oxygens (including phenoxy) is 3. The molecule has 7 nitrogen and oxygen atoms in total. The minimum atomic E-state index is -1.93. The van der Waals surface area contributed by atoms with Gasteiger partial charge in [-0.3, -0.25) is 4.68 Å². The quantitative estimate of drug-likeness (QED) is 0.186. The van der Waals surface area contributed by atoms with Gasteiger partial charge in [-0.05, 0) is 38.0 Å². The van der Waals surface area contributed by atoms with E-state index in [-0.39, 0.29) is 17.9 Å². The molecule has 0 amide bonds. The van der Waals surface area contributed by atoms with Crippen molar-refractivity contribution in [2.24, 2.45) is 0 Å². The molecule has 1 aromatic heterocycles. The third-order valence-electron chi connectivity index (χ3n) is 5.26. The highest BCUT2D eigenvalue weighted by atomic mass is 28.4. The first-order chi connectivity index (χ1) is 13.7. The summed E-state index contributed by atoms with van der Waals surface area (Å²) in [5.74, 6) is -0.0652. The highest BCUT2D eigenvalue weighted by Crippen LogP contribution is 2.37. The van der Waals surface area contributed by atoms with Gasteiger partial charge in [-0.2, -0.15) is 0 Å². The van der Waals surface area contributed by atoms with Gasteiger partial charge in [0.15, 0.2) is 20.8 Å². The Morgan fingerprint density at radius 3 is 2.37 bits per heavy atom. The predicted octanol–water partition coefficient (Wildman–Crippen LogP) is 5.16. The SMILES string of the molecule is CCOC(=O)c1cc(OCOCC[Si](C)(C)C)nn1C[C@H](C)O[Si](C)(C)C(C)(C)C. The summed E-state index contributed by atoms with van der Waals surface area (Å²) in [4.78, 5) is 12.4. The van der Waals surface area contributed by atoms with Gasteiger partial charge in [-0.15, -0.1) is 5.10 Å². The van der Waals surface area contributed by atoms with Crippen molar-refractivity contribution in [3.63, 3.8) is 0 Å². The molecule has 0 aliphatic carbocycles. The molecule has 0 saturated carbocycles. The molecule has 30 heavy (non-hydrogen) atoms. The molecule has 0 radical (unpaired) electrons. The molecular formula is C21H42N2O5Si2. The topological polar surface area (TPSA) is 71.8 Å². The summed E-state index contributed by atoms with van der Waals surface area (Å²) in [7, 11) is -3.07. The Morgan fingerprint density at radius 1 is 1.20 bits per heavy atom. The Hall–Kier alpha value is -1.17. The van der Waals surface area contributed by atoms with Crippen LogP contribution in [0.3, 0.4) is 0 Å². The van der Waals surface area contributed by atoms with Gasteiger partial charge < -0.3 is 18.6 Å². The van der Waals surface area contributed by atoms with Gasteiger partial charge in [0.1, 0.15) is 0 Å². The number of esters is 1. The third kappa shape index (κ3) is 8.91. The fraction of sp³-hybridized carbons (Fsp3) is 0.810. The summed E-state index contributed by atoms with van der Waals surface area (Å²) in [5, 5.41) is 4.56. The molecule has 0 N–H and O–H groups in total. The van der Waals surface area contributed by atoms with E-state index >= 15 is 0 Å². The van der Waals surface area contributed by atoms with Crippen molar-refractivity contribution in [2.45, 2.75) is 91.1 Å². The summed E-state index contributed by atoms with van der Waals surface area (Å²) < 4.78 is 24.4. The zero-order chi connectivity index (χ0) is 23.2. The van der Waals surface area contributed by atoms with Crippen molar-refractivity contribution in [3.05, 3.63) is 11.8 Å². The molecule has 0 unspecified atom stereocenters. The van der Waals surface area contributed by atoms with Crippen LogP contribution in [0.1, 0.15) is 45.1 Å². The maximum absolute atomic E-state index is 12.4. The second-order valence-corrected chi connectivity index (χ2v) is 20.8. The zero-order valence-corrected chi connectivity index (χ0v) is 22.6. The van der Waals surface area contributed by atoms with Crippen LogP contribution >= 0.6 is 0 Å². The largest absolute Gasteiger partial charge is 0.461 e. The van der Waals surface area contributed by atoms with Crippen LogP contribution in [-0.4, -0.2) is 58.3 Å². The van der Waals surface area contributed by atoms with Gasteiger partial charge in [0, 0.05) is 20.7 Å². The monoisotopic (exact) mass is 458 g/mol. The molecule has 9 heteroatoms. The molecule has 0 saturated heterocycles. The normalized spacial score (nSPS) is 13.9. The van der Waals surface area contributed by atoms with Crippen molar-refractivity contribution in [2.75, 3.05) is 20.0 Å². The Kier molecular flexibility index (Phi) is 9.78. The van der Waals surface area contributed by atoms with Gasteiger partial charge in [0.2, 0.25) is 5.88 Å². The van der Waals surface area contributed by atoms with Crippen LogP contribution in [0.4, 0.5) is 0 Å². The van der Waals surface area contributed by atoms with Crippen LogP contribution in [0.25, 0.3) is 0 Å². The van der Waals surface area contributed by atoms with E-state index < -0.39 is 22.4 Å². The molecular weight excluding hydrogens is 416 g/mol. The molecule has 1 heterocycles. The van der Waals surface area contributed by atoms with Crippen molar-refractivity contribution in [3.8, 4) is 5.88 Å². The second-order valence-electron chi connectivity index (χ2n) is 10.4. The first-order valence-corrected chi connectivity index (χ1v) is 17.4. The Labute approximate surface area is 184 Å². The van der Waals surface area contributed by atoms with Gasteiger partial charge in [-0.25, -0.2) is 4.79 Å². The van der Waals surface area contributed by atoms with Crippen molar-refractivity contribution < 1.29 is 23.4 Å². The van der Waals surface area contributed by atoms with Crippen LogP contribution in [0, 0.1) is 0 Å². The van der Waals surface area contributed by atoms with Crippen LogP contribution in [-0.2, 0) is 20.4 Å². The van der Waals surface area contributed by atoms with Crippen LogP contribution in [0.5, 0.6) is 5.88 Å². The maximum atomic E-state index is 12.4. The summed E-state index contributed by atoms with van der Waals surface area (Å²) in [6.07, 6.45) is -0.0974. The Balaban J connectivity index is 2.82. The fourth-order valence-electron chi connectivity index (χ4n) is 2.47. The maximum Gasteiger partial charge on any atom is 0.356 e. The highest BCUT2D eigenvalue weighted by Gasteiger charge is 2.38. The van der Waals surface area contributed by atoms with Crippen LogP contribution in [0.15, 0.2) is 6.07 Å². The van der Waals surface area contributed by atoms with Gasteiger partial charge >= 0.3 is 5.97 Å². The summed E-state index contributed by atoms with van der Waals surface area (Å²) in [6, 6.07) is 2.68. The minimum Gasteiger partial charge on any atom is -0.461 e. The van der Waals surface area contributed by atoms with Crippen molar-refractivity contribution in [1.82, 2.24) is 9.78 Å². The van der Waals surface area contributed by atoms with Crippen molar-refractivity contribution in [1.29, 1.82) is 0 Å². The lowest BCUT2D eigenvalue weighted by atomic mass is 10.2. The van der Waals surface area contributed by atoms with E-state index in [1.807, 2.05) is 6.92 Å². The lowest BCUT2D eigenvalue weighted by molar-refractivity contribution is 0.0187. The van der Waals surface area contributed by atoms with Gasteiger partial charge in [-0.1, -0.05) is 40.4 Å². The van der Waals surface area contributed by atoms with Crippen LogP contribution < -0.4 is 4.74 Å². The van der Waals surface area contributed by atoms with E-state index in [4.69, 9.17) is 18.6 Å². The lowest BCUT2D eigenvalue weighted by Crippen LogP contribution is -2.44. The number of nitrogens with zero attached hydrogens (tertiary/aromatic N) is 2. The van der Waals surface area contributed by atoms with E-state index in [1.165, 1.54) is 0 Å². The molecule has 1 atom stereocenters. The standard InChI is InChI=1S/C21H42N2O5Si2/c1-11-26-20(24)18-14-19(27-16-25-12-13-29(6,7)8)22-23(18)15-17(2)28-30(9,10)21(3,4)5/h14,17H,11-13,15-16H2,1-10H3/t17-/m0/s1. The summed E-state index contributed by atoms with van der Waals surface area (Å²) in [5.41, 5.74) is 0.361. The summed E-state index contributed by atoms with van der Waals surface area (Å²) in [6.45, 7) is 23.3. The molecule has 1 aromatic rings. The average molecular weight is 459 g/mol. The van der Waals surface area contributed by atoms with Gasteiger partial charge in [0.05, 0.1) is 19.3 Å². The second kappa shape index (κ2) is 10.9. The number of hydrogen-bond acceptors (Lipinski definition) is 6. The lowest BCUT2D eigenvalue weighted by Gasteiger charge is -2.38. The number of rotatable bonds is 12. The minimum absolute atomic E-state index is 0.0974. The first-order valence-electron chi connectivity index (χ1n) is 10.8. The molecule has 0 aromatic carbocycles. The predicted molar refractivity (Wildman–Crippen MR) is 126 cm³/mol. The van der Waals surface area contributed by atoms with Crippen molar-refractivity contribution >= 4 is 22.4 Å². The molecule has 0 fully saturated rings. The fourth-order valence-corrected chi connectivity index (χ4v) is 4.66. The molecule has 174 valence electrons. The average Bonchev–Trinajstić information content (AvgIpc) is 2.94. The van der Waals surface area contributed by atoms with Gasteiger partial charge in [0.25, 0.3) is 0 Å². The number of carbonyl (C=O) groups excluding carboxylic acids is 1. The van der Waals surface area contributed by atoms with E-state index in [2.05, 4.69) is 58.6 Å². The summed E-state index contributed by atoms with van der Waals surface area (Å²) >= 11 is 0. The zero-order valence-electron chi connectivity index (χ0n) is 20.6. The van der Waals surface area contributed by atoms with E-state index in [0.29, 0.717) is 31.3 Å². The Bertz CT molecular complexity index is 678. The number of carbonyl (C=O) groups is 1. The number of aromatic nitrogens is 2. The van der Waals surface area contributed by atoms with E-state index in [1.54, 1.807) is 17.7 Å². The number of hydrogen-bond donors (Lipinski definition) is 0. The molecule has 0 aliphatic heterocycles. The molecule has 1 rings (SSSR count). The molecule has 0 bridgehead atoms. The van der Waals surface area contributed by atoms with Crippen LogP contribution in [0.2, 0.25) is 43.8 Å². The third-order valence-corrected chi connectivity index (χ3v) is 11.6. The molecule has 0 spiro atoms. The first kappa shape index (κ1) is 26.9.